The van der Waals surface area contributed by atoms with E-state index >= 15 is 0 Å². The molecule has 0 amide bonds. The van der Waals surface area contributed by atoms with Gasteiger partial charge in [-0.2, -0.15) is 0 Å². The van der Waals surface area contributed by atoms with Gasteiger partial charge in [0.05, 0.1) is 0 Å². The van der Waals surface area contributed by atoms with Crippen LogP contribution in [0.25, 0.3) is 5.57 Å². The maximum absolute atomic E-state index is 9.47. The summed E-state index contributed by atoms with van der Waals surface area (Å²) in [7, 11) is 1.34. The molecule has 3 aliphatic carbocycles. The second-order valence-electron chi connectivity index (χ2n) is 8.18. The van der Waals surface area contributed by atoms with E-state index in [4.69, 9.17) is 5.11 Å². The van der Waals surface area contributed by atoms with Gasteiger partial charge < -0.3 is 9.84 Å². The van der Waals surface area contributed by atoms with Gasteiger partial charge in [0.25, 0.3) is 0 Å². The summed E-state index contributed by atoms with van der Waals surface area (Å²) < 4.78 is 4.20. The van der Waals surface area contributed by atoms with Gasteiger partial charge in [0, 0.05) is 7.11 Å². The van der Waals surface area contributed by atoms with Gasteiger partial charge in [0.1, 0.15) is 6.61 Å². The molecule has 1 aromatic rings. The van der Waals surface area contributed by atoms with E-state index in [1.807, 2.05) is 13.8 Å². The van der Waals surface area contributed by atoms with Crippen molar-refractivity contribution in [2.45, 2.75) is 65.2 Å². The van der Waals surface area contributed by atoms with Crippen molar-refractivity contribution in [3.8, 4) is 0 Å². The first-order valence-electron chi connectivity index (χ1n) is 10.4. The molecule has 1 aromatic carbocycles. The van der Waals surface area contributed by atoms with Crippen LogP contribution < -0.4 is 0 Å². The van der Waals surface area contributed by atoms with Gasteiger partial charge in [-0.1, -0.05) is 58.0 Å². The number of ether oxygens (including phenoxy) is 1. The van der Waals surface area contributed by atoms with E-state index in [-0.39, 0.29) is 6.61 Å². The minimum Gasteiger partial charge on any atom is -0.480 e. The van der Waals surface area contributed by atoms with Crippen molar-refractivity contribution in [3.63, 3.8) is 0 Å². The van der Waals surface area contributed by atoms with Gasteiger partial charge in [-0.05, 0) is 72.0 Å². The number of carboxylic acid groups (broad SMARTS) is 1. The zero-order chi connectivity index (χ0) is 20.0. The number of benzene rings is 1. The molecule has 0 aliphatic heterocycles. The molecule has 4 unspecified atom stereocenters. The quantitative estimate of drug-likeness (QED) is 0.677. The lowest BCUT2D eigenvalue weighted by molar-refractivity contribution is -0.141. The van der Waals surface area contributed by atoms with Crippen LogP contribution in [0.1, 0.15) is 76.3 Å². The molecule has 1 N–H and O–H groups in total. The summed E-state index contributed by atoms with van der Waals surface area (Å²) in [6.07, 6.45) is 8.49. The number of hydrogen-bond acceptors (Lipinski definition) is 2. The van der Waals surface area contributed by atoms with Crippen molar-refractivity contribution in [1.82, 2.24) is 0 Å². The van der Waals surface area contributed by atoms with Gasteiger partial charge in [-0.15, -0.1) is 0 Å². The number of allylic oxidation sites excluding steroid dienone is 1. The number of rotatable bonds is 2. The van der Waals surface area contributed by atoms with E-state index in [1.165, 1.54) is 56.8 Å². The Morgan fingerprint density at radius 2 is 1.96 bits per heavy atom. The molecule has 3 nitrogen and oxygen atoms in total. The maximum Gasteiger partial charge on any atom is 0.329 e. The molecule has 0 bridgehead atoms. The van der Waals surface area contributed by atoms with E-state index in [0.29, 0.717) is 5.41 Å². The van der Waals surface area contributed by atoms with Gasteiger partial charge in [-0.25, -0.2) is 4.79 Å². The van der Waals surface area contributed by atoms with Gasteiger partial charge >= 0.3 is 5.97 Å². The van der Waals surface area contributed by atoms with Crippen LogP contribution in [0.3, 0.4) is 0 Å². The molecule has 27 heavy (non-hydrogen) atoms. The lowest BCUT2D eigenvalue weighted by Gasteiger charge is -2.49. The Labute approximate surface area is 164 Å². The lowest BCUT2D eigenvalue weighted by Crippen LogP contribution is -2.39. The molecular weight excluding hydrogens is 336 g/mol. The van der Waals surface area contributed by atoms with E-state index in [9.17, 15) is 4.79 Å². The average molecular weight is 373 g/mol. The predicted molar refractivity (Wildman–Crippen MR) is 112 cm³/mol. The fourth-order valence-electron chi connectivity index (χ4n) is 5.61. The second kappa shape index (κ2) is 9.54. The van der Waals surface area contributed by atoms with Crippen LogP contribution in [0.15, 0.2) is 30.8 Å². The molecular formula is C24H36O3. The first-order chi connectivity index (χ1) is 13.0. The molecule has 150 valence electrons. The third kappa shape index (κ3) is 4.63. The van der Waals surface area contributed by atoms with Crippen molar-refractivity contribution in [2.75, 3.05) is 13.7 Å². The zero-order valence-electron chi connectivity index (χ0n) is 17.5. The summed E-state index contributed by atoms with van der Waals surface area (Å²) in [4.78, 5) is 9.47. The van der Waals surface area contributed by atoms with Crippen LogP contribution in [-0.2, 0) is 9.53 Å². The Morgan fingerprint density at radius 1 is 1.26 bits per heavy atom. The highest BCUT2D eigenvalue weighted by atomic mass is 16.5. The fourth-order valence-corrected chi connectivity index (χ4v) is 5.61. The highest BCUT2D eigenvalue weighted by Crippen LogP contribution is 2.61. The van der Waals surface area contributed by atoms with Crippen molar-refractivity contribution < 1.29 is 14.6 Å². The van der Waals surface area contributed by atoms with Crippen molar-refractivity contribution in [1.29, 1.82) is 0 Å². The van der Waals surface area contributed by atoms with E-state index < -0.39 is 5.97 Å². The standard InChI is InChI=1S/C19H24.C3H6O3.C2H6/c1-13-12-17-16(15-7-4-3-6-14(13)15)9-11-19(2)10-5-8-18(17)19;1-6-2-3(4)5;1-2/h3-4,6-7,16-18H,1,5,8-12H2,2H3;2H2,1H3,(H,4,5);1-2H3. The summed E-state index contributed by atoms with van der Waals surface area (Å²) in [5, 5.41) is 7.79. The number of hydrogen-bond donors (Lipinski definition) is 1. The third-order valence-electron chi connectivity index (χ3n) is 6.71. The smallest absolute Gasteiger partial charge is 0.329 e. The topological polar surface area (TPSA) is 46.5 Å². The van der Waals surface area contributed by atoms with Gasteiger partial charge in [-0.3, -0.25) is 0 Å². The summed E-state index contributed by atoms with van der Waals surface area (Å²) in [5.41, 5.74) is 5.12. The lowest BCUT2D eigenvalue weighted by atomic mass is 9.55. The molecule has 3 heteroatoms. The van der Waals surface area contributed by atoms with Crippen LogP contribution in [-0.4, -0.2) is 24.8 Å². The molecule has 0 saturated heterocycles. The van der Waals surface area contributed by atoms with Crippen LogP contribution in [0.4, 0.5) is 0 Å². The summed E-state index contributed by atoms with van der Waals surface area (Å²) >= 11 is 0. The number of carboxylic acids is 1. The molecule has 3 aliphatic rings. The van der Waals surface area contributed by atoms with Crippen LogP contribution in [0.5, 0.6) is 0 Å². The second-order valence-corrected chi connectivity index (χ2v) is 8.18. The van der Waals surface area contributed by atoms with E-state index in [1.54, 1.807) is 5.56 Å². The van der Waals surface area contributed by atoms with E-state index in [2.05, 4.69) is 42.5 Å². The molecule has 4 rings (SSSR count). The fraction of sp³-hybridized carbons (Fsp3) is 0.625. The molecule has 2 fully saturated rings. The van der Waals surface area contributed by atoms with Crippen molar-refractivity contribution in [3.05, 3.63) is 42.0 Å². The summed E-state index contributed by atoms with van der Waals surface area (Å²) in [5.74, 6) is 1.72. The molecule has 0 aromatic heterocycles. The normalized spacial score (nSPS) is 30.5. The highest BCUT2D eigenvalue weighted by Gasteiger charge is 2.50. The Kier molecular flexibility index (Phi) is 7.67. The van der Waals surface area contributed by atoms with Crippen LogP contribution in [0, 0.1) is 17.3 Å². The first-order valence-corrected chi connectivity index (χ1v) is 10.4. The summed E-state index contributed by atoms with van der Waals surface area (Å²) in [6, 6.07) is 9.05. The first kappa shape index (κ1) is 21.7. The highest BCUT2D eigenvalue weighted by molar-refractivity contribution is 5.69. The Balaban J connectivity index is 0.000000283. The van der Waals surface area contributed by atoms with Gasteiger partial charge in [0.15, 0.2) is 0 Å². The zero-order valence-corrected chi connectivity index (χ0v) is 17.5. The minimum atomic E-state index is -0.933. The molecule has 4 atom stereocenters. The largest absolute Gasteiger partial charge is 0.480 e. The van der Waals surface area contributed by atoms with Crippen molar-refractivity contribution >= 4 is 11.5 Å². The van der Waals surface area contributed by atoms with Crippen LogP contribution >= 0.6 is 0 Å². The molecule has 2 saturated carbocycles. The van der Waals surface area contributed by atoms with Crippen LogP contribution in [0.2, 0.25) is 0 Å². The number of aliphatic carboxylic acids is 1. The predicted octanol–water partition coefficient (Wildman–Crippen LogP) is 6.15. The minimum absolute atomic E-state index is 0.208. The Morgan fingerprint density at radius 3 is 2.59 bits per heavy atom. The Bertz CT molecular complexity index is 651. The third-order valence-corrected chi connectivity index (χ3v) is 6.71. The SMILES string of the molecule is C=C1CC2C(CCC3(C)CCCC23)c2ccccc21.CC.COCC(=O)O. The van der Waals surface area contributed by atoms with Crippen molar-refractivity contribution in [2.24, 2.45) is 17.3 Å². The number of carbonyl (C=O) groups is 1. The number of methoxy groups -OCH3 is 1. The molecule has 0 spiro atoms. The monoisotopic (exact) mass is 372 g/mol. The van der Waals surface area contributed by atoms with Gasteiger partial charge in [0.2, 0.25) is 0 Å². The summed E-state index contributed by atoms with van der Waals surface area (Å²) in [6.45, 7) is 10.7. The molecule has 0 heterocycles. The molecule has 0 radical (unpaired) electrons. The number of fused-ring (bicyclic) bond motifs is 5. The average Bonchev–Trinajstić information content (AvgIpc) is 3.06. The maximum atomic E-state index is 9.47. The van der Waals surface area contributed by atoms with E-state index in [0.717, 1.165) is 17.8 Å². The Hall–Kier alpha value is -1.61.